The molecule has 0 unspecified atom stereocenters. The molecule has 29 heavy (non-hydrogen) atoms. The molecule has 3 atom stereocenters. The van der Waals surface area contributed by atoms with E-state index >= 15 is 0 Å². The highest BCUT2D eigenvalue weighted by molar-refractivity contribution is 8.01. The monoisotopic (exact) mass is 420 g/mol. The number of carbonyl (C=O) groups is 4. The van der Waals surface area contributed by atoms with E-state index in [0.29, 0.717) is 11.3 Å². The number of hydrogen-bond donors (Lipinski definition) is 4. The summed E-state index contributed by atoms with van der Waals surface area (Å²) < 4.78 is -0.673. The van der Waals surface area contributed by atoms with Crippen molar-refractivity contribution in [2.75, 3.05) is 11.9 Å². The molecule has 1 aromatic carbocycles. The minimum absolute atomic E-state index is 0.0486. The maximum absolute atomic E-state index is 12.8. The first-order valence-corrected chi connectivity index (χ1v) is 10.0. The lowest BCUT2D eigenvalue weighted by atomic mass is 9.86. The average Bonchev–Trinajstić information content (AvgIpc) is 2.92. The molecule has 2 aliphatic rings. The van der Waals surface area contributed by atoms with Crippen molar-refractivity contribution in [1.29, 1.82) is 0 Å². The highest BCUT2D eigenvalue weighted by atomic mass is 32.2. The van der Waals surface area contributed by atoms with Gasteiger partial charge in [-0.05, 0) is 32.4 Å². The van der Waals surface area contributed by atoms with Gasteiger partial charge in [0, 0.05) is 10.4 Å². The molecule has 0 saturated carbocycles. The fourth-order valence-corrected chi connectivity index (χ4v) is 5.49. The van der Waals surface area contributed by atoms with Gasteiger partial charge < -0.3 is 26.4 Å². The van der Waals surface area contributed by atoms with Gasteiger partial charge in [-0.15, -0.1) is 11.8 Å². The van der Waals surface area contributed by atoms with Crippen molar-refractivity contribution >= 4 is 41.1 Å². The van der Waals surface area contributed by atoms with Gasteiger partial charge in [0.25, 0.3) is 5.91 Å². The zero-order chi connectivity index (χ0) is 21.6. The van der Waals surface area contributed by atoms with Crippen molar-refractivity contribution in [3.8, 4) is 0 Å². The normalized spacial score (nSPS) is 27.0. The molecule has 156 valence electrons. The van der Waals surface area contributed by atoms with Gasteiger partial charge in [0.2, 0.25) is 11.8 Å². The van der Waals surface area contributed by atoms with Gasteiger partial charge in [-0.1, -0.05) is 18.2 Å². The van der Waals surface area contributed by atoms with Crippen LogP contribution in [0.25, 0.3) is 0 Å². The summed E-state index contributed by atoms with van der Waals surface area (Å²) >= 11 is 1.37. The number of β-lactam (4-membered cyclic amide) rings is 1. The number of benzene rings is 1. The van der Waals surface area contributed by atoms with E-state index in [1.54, 1.807) is 45.0 Å². The Morgan fingerprint density at radius 2 is 1.86 bits per heavy atom. The van der Waals surface area contributed by atoms with Gasteiger partial charge in [-0.2, -0.15) is 0 Å². The third-order valence-corrected chi connectivity index (χ3v) is 6.99. The van der Waals surface area contributed by atoms with Crippen LogP contribution >= 0.6 is 11.8 Å². The quantitative estimate of drug-likeness (QED) is 0.480. The minimum Gasteiger partial charge on any atom is -0.480 e. The fourth-order valence-electron chi connectivity index (χ4n) is 3.84. The van der Waals surface area contributed by atoms with E-state index < -0.39 is 39.5 Å². The summed E-state index contributed by atoms with van der Waals surface area (Å²) in [6.07, 6.45) is -0.0486. The Labute approximate surface area is 172 Å². The third kappa shape index (κ3) is 3.58. The van der Waals surface area contributed by atoms with Crippen LogP contribution in [0, 0.1) is 0 Å². The van der Waals surface area contributed by atoms with Crippen molar-refractivity contribution < 1.29 is 24.3 Å². The summed E-state index contributed by atoms with van der Waals surface area (Å²) in [6.45, 7) is 4.99. The topological polar surface area (TPSA) is 142 Å². The first-order valence-electron chi connectivity index (χ1n) is 9.13. The largest absolute Gasteiger partial charge is 0.480 e. The Kier molecular flexibility index (Phi) is 5.35. The van der Waals surface area contributed by atoms with Crippen molar-refractivity contribution in [2.24, 2.45) is 5.73 Å². The highest BCUT2D eigenvalue weighted by Crippen LogP contribution is 2.54. The zero-order valence-electron chi connectivity index (χ0n) is 16.4. The summed E-state index contributed by atoms with van der Waals surface area (Å²) in [5.74, 6) is -2.24. The van der Waals surface area contributed by atoms with Crippen LogP contribution in [0.5, 0.6) is 0 Å². The first-order chi connectivity index (χ1) is 13.5. The first kappa shape index (κ1) is 21.1. The number of carboxylic acids is 1. The lowest BCUT2D eigenvalue weighted by molar-refractivity contribution is -0.167. The lowest BCUT2D eigenvalue weighted by Gasteiger charge is -2.51. The van der Waals surface area contributed by atoms with Gasteiger partial charge >= 0.3 is 5.97 Å². The summed E-state index contributed by atoms with van der Waals surface area (Å²) in [6, 6.07) is 5.90. The van der Waals surface area contributed by atoms with Gasteiger partial charge in [0.15, 0.2) is 0 Å². The van der Waals surface area contributed by atoms with Crippen molar-refractivity contribution in [3.05, 3.63) is 29.8 Å². The number of fused-ring (bicyclic) bond motifs is 1. The molecule has 1 aromatic rings. The Morgan fingerprint density at radius 1 is 1.21 bits per heavy atom. The van der Waals surface area contributed by atoms with E-state index in [1.807, 2.05) is 0 Å². The van der Waals surface area contributed by atoms with Crippen LogP contribution < -0.4 is 16.4 Å². The predicted molar refractivity (Wildman–Crippen MR) is 108 cm³/mol. The van der Waals surface area contributed by atoms with Gasteiger partial charge in [-0.3, -0.25) is 14.4 Å². The summed E-state index contributed by atoms with van der Waals surface area (Å²) in [4.78, 5) is 50.0. The maximum atomic E-state index is 12.8. The number of rotatable bonds is 6. The number of nitrogens with two attached hydrogens (primary N) is 1. The number of aliphatic carboxylic acids is 1. The summed E-state index contributed by atoms with van der Waals surface area (Å²) in [5, 5.41) is 14.5. The van der Waals surface area contributed by atoms with Crippen LogP contribution in [0.3, 0.4) is 0 Å². The Bertz CT molecular complexity index is 889. The minimum atomic E-state index is -1.18. The summed E-state index contributed by atoms with van der Waals surface area (Å²) in [7, 11) is 0. The van der Waals surface area contributed by atoms with Crippen molar-refractivity contribution in [2.45, 2.75) is 48.9 Å². The number of nitrogens with one attached hydrogen (secondary N) is 2. The van der Waals surface area contributed by atoms with Gasteiger partial charge in [0.05, 0.1) is 13.0 Å². The number of carbonyl (C=O) groups excluding carboxylic acids is 3. The van der Waals surface area contributed by atoms with Crippen LogP contribution in [0.1, 0.15) is 26.3 Å². The molecule has 0 bridgehead atoms. The SMILES string of the molecule is CC1(C)S[C@H]2N(C(=O)[C@]2(C)NC(=O)Cc2ccccc2NC(=O)CN)[C@H]1C(=O)O. The molecule has 3 amide bonds. The molecule has 9 nitrogen and oxygen atoms in total. The number of amides is 3. The van der Waals surface area contributed by atoms with E-state index in [1.165, 1.54) is 16.7 Å². The zero-order valence-corrected chi connectivity index (χ0v) is 17.2. The Balaban J connectivity index is 1.74. The highest BCUT2D eigenvalue weighted by Gasteiger charge is 2.70. The number of thioether (sulfide) groups is 1. The van der Waals surface area contributed by atoms with Crippen LogP contribution in [-0.4, -0.2) is 61.9 Å². The second-order valence-electron chi connectivity index (χ2n) is 7.86. The third-order valence-electron chi connectivity index (χ3n) is 5.24. The fraction of sp³-hybridized carbons (Fsp3) is 0.474. The molecule has 0 spiro atoms. The van der Waals surface area contributed by atoms with Gasteiger partial charge in [-0.25, -0.2) is 4.79 Å². The number of para-hydroxylation sites is 1. The summed E-state index contributed by atoms with van der Waals surface area (Å²) in [5.41, 5.74) is 5.20. The smallest absolute Gasteiger partial charge is 0.327 e. The van der Waals surface area contributed by atoms with Gasteiger partial charge in [0.1, 0.15) is 17.0 Å². The number of anilines is 1. The molecule has 0 radical (unpaired) electrons. The van der Waals surface area contributed by atoms with E-state index in [9.17, 15) is 24.3 Å². The Hall–Kier alpha value is -2.59. The van der Waals surface area contributed by atoms with Crippen LogP contribution in [0.4, 0.5) is 5.69 Å². The van der Waals surface area contributed by atoms with E-state index in [0.717, 1.165) is 0 Å². The molecular formula is C19H24N4O5S. The molecule has 5 N–H and O–H groups in total. The molecule has 0 aliphatic carbocycles. The number of hydrogen-bond acceptors (Lipinski definition) is 6. The standard InChI is InChI=1S/C19H24N4O5S/c1-18(2)14(15(26)27)23-16(28)19(3,17(23)29-18)22-12(24)8-10-6-4-5-7-11(10)21-13(25)9-20/h4-7,14,17H,8-9,20H2,1-3H3,(H,21,25)(H,22,24)(H,26,27)/t14-,17+,19-/m0/s1. The second-order valence-corrected chi connectivity index (χ2v) is 9.60. The molecule has 0 aromatic heterocycles. The molecule has 3 rings (SSSR count). The predicted octanol–water partition coefficient (Wildman–Crippen LogP) is 0.148. The maximum Gasteiger partial charge on any atom is 0.327 e. The van der Waals surface area contributed by atoms with Crippen LogP contribution in [0.15, 0.2) is 24.3 Å². The lowest BCUT2D eigenvalue weighted by Crippen LogP contribution is -2.78. The van der Waals surface area contributed by atoms with Crippen molar-refractivity contribution in [3.63, 3.8) is 0 Å². The number of nitrogens with zero attached hydrogens (tertiary/aromatic N) is 1. The van der Waals surface area contributed by atoms with E-state index in [2.05, 4.69) is 10.6 Å². The van der Waals surface area contributed by atoms with E-state index in [-0.39, 0.29) is 18.9 Å². The molecule has 2 heterocycles. The average molecular weight is 420 g/mol. The second kappa shape index (κ2) is 7.34. The molecule has 2 fully saturated rings. The molecule has 10 heteroatoms. The number of carboxylic acid groups (broad SMARTS) is 1. The molecular weight excluding hydrogens is 396 g/mol. The van der Waals surface area contributed by atoms with E-state index in [4.69, 9.17) is 5.73 Å². The van der Waals surface area contributed by atoms with Crippen molar-refractivity contribution in [1.82, 2.24) is 10.2 Å². The molecule has 2 aliphatic heterocycles. The molecule has 2 saturated heterocycles. The van der Waals surface area contributed by atoms with Crippen LogP contribution in [0.2, 0.25) is 0 Å². The van der Waals surface area contributed by atoms with Crippen LogP contribution in [-0.2, 0) is 25.6 Å². The Morgan fingerprint density at radius 3 is 2.48 bits per heavy atom.